The van der Waals surface area contributed by atoms with Gasteiger partial charge in [0.05, 0.1) is 5.56 Å². The first-order chi connectivity index (χ1) is 8.54. The molecule has 1 aromatic rings. The summed E-state index contributed by atoms with van der Waals surface area (Å²) in [5.41, 5.74) is 5.04. The number of hydrogen-bond donors (Lipinski definition) is 2. The van der Waals surface area contributed by atoms with Crippen molar-refractivity contribution in [2.75, 3.05) is 5.32 Å². The maximum absolute atomic E-state index is 13.2. The van der Waals surface area contributed by atoms with Crippen LogP contribution in [0.5, 0.6) is 0 Å². The number of carbonyl (C=O) groups excluding carboxylic acids is 2. The predicted octanol–water partition coefficient (Wildman–Crippen LogP) is 2.00. The van der Waals surface area contributed by atoms with E-state index in [4.69, 9.17) is 5.73 Å². The van der Waals surface area contributed by atoms with E-state index in [-0.39, 0.29) is 11.5 Å². The number of hydrogen-bond acceptors (Lipinski definition) is 2. The van der Waals surface area contributed by atoms with Gasteiger partial charge in [0.25, 0.3) is 5.91 Å². The van der Waals surface area contributed by atoms with E-state index in [1.165, 1.54) is 18.2 Å². The highest BCUT2D eigenvalue weighted by molar-refractivity contribution is 6.01. The summed E-state index contributed by atoms with van der Waals surface area (Å²) in [5.74, 6) is -1.98. The van der Waals surface area contributed by atoms with Gasteiger partial charge < -0.3 is 11.1 Å². The van der Waals surface area contributed by atoms with Crippen LogP contribution in [0.4, 0.5) is 10.1 Å². The Labute approximate surface area is 104 Å². The molecule has 5 heteroatoms. The molecule has 0 fully saturated rings. The average molecular weight is 248 g/mol. The third kappa shape index (κ3) is 3.86. The summed E-state index contributed by atoms with van der Waals surface area (Å²) in [5, 5.41) is 2.49. The van der Waals surface area contributed by atoms with Crippen LogP contribution in [0.3, 0.4) is 0 Å². The fourth-order valence-electron chi connectivity index (χ4n) is 1.23. The first-order valence-corrected chi connectivity index (χ1v) is 5.24. The van der Waals surface area contributed by atoms with Crippen LogP contribution in [0.25, 0.3) is 0 Å². The van der Waals surface area contributed by atoms with Crippen molar-refractivity contribution in [1.29, 1.82) is 0 Å². The number of halogens is 1. The molecular weight excluding hydrogens is 235 g/mol. The highest BCUT2D eigenvalue weighted by Gasteiger charge is 2.09. The lowest BCUT2D eigenvalue weighted by Crippen LogP contribution is -2.14. The van der Waals surface area contributed by atoms with Crippen LogP contribution in [0.15, 0.2) is 42.5 Å². The number of nitrogens with one attached hydrogen (secondary N) is 1. The molecule has 0 saturated heterocycles. The van der Waals surface area contributed by atoms with Crippen LogP contribution in [0, 0.1) is 5.82 Å². The minimum Gasteiger partial charge on any atom is -0.366 e. The summed E-state index contributed by atoms with van der Waals surface area (Å²) in [7, 11) is 0. The van der Waals surface area contributed by atoms with Gasteiger partial charge in [0.15, 0.2) is 0 Å². The van der Waals surface area contributed by atoms with Gasteiger partial charge in [-0.1, -0.05) is 18.2 Å². The lowest BCUT2D eigenvalue weighted by atomic mass is 10.2. The van der Waals surface area contributed by atoms with E-state index in [1.54, 1.807) is 18.2 Å². The maximum atomic E-state index is 13.2. The monoisotopic (exact) mass is 248 g/mol. The van der Waals surface area contributed by atoms with E-state index >= 15 is 0 Å². The minimum atomic E-state index is -0.881. The molecule has 3 N–H and O–H groups in total. The Bertz CT molecular complexity index is 522. The lowest BCUT2D eigenvalue weighted by Gasteiger charge is -2.04. The maximum Gasteiger partial charge on any atom is 0.251 e. The van der Waals surface area contributed by atoms with Crippen molar-refractivity contribution >= 4 is 17.5 Å². The van der Waals surface area contributed by atoms with Gasteiger partial charge >= 0.3 is 0 Å². The van der Waals surface area contributed by atoms with Gasteiger partial charge in [0, 0.05) is 11.8 Å². The zero-order valence-corrected chi connectivity index (χ0v) is 9.81. The summed E-state index contributed by atoms with van der Waals surface area (Å²) >= 11 is 0. The molecule has 18 heavy (non-hydrogen) atoms. The van der Waals surface area contributed by atoms with E-state index in [2.05, 4.69) is 5.32 Å². The van der Waals surface area contributed by atoms with Crippen molar-refractivity contribution in [2.24, 2.45) is 5.73 Å². The smallest absolute Gasteiger partial charge is 0.251 e. The largest absolute Gasteiger partial charge is 0.366 e. The normalized spacial score (nSPS) is 11.0. The van der Waals surface area contributed by atoms with Crippen LogP contribution in [0.2, 0.25) is 0 Å². The number of rotatable bonds is 4. The fraction of sp³-hybridized carbons (Fsp3) is 0.0769. The number of benzene rings is 1. The predicted molar refractivity (Wildman–Crippen MR) is 67.5 cm³/mol. The third-order valence-electron chi connectivity index (χ3n) is 2.05. The lowest BCUT2D eigenvalue weighted by molar-refractivity contribution is -0.111. The topological polar surface area (TPSA) is 72.2 Å². The van der Waals surface area contributed by atoms with Gasteiger partial charge in [-0.2, -0.15) is 0 Å². The molecule has 4 nitrogen and oxygen atoms in total. The first-order valence-electron chi connectivity index (χ1n) is 5.24. The summed E-state index contributed by atoms with van der Waals surface area (Å²) in [4.78, 5) is 22.3. The average Bonchev–Trinajstić information content (AvgIpc) is 2.31. The molecule has 0 aliphatic carbocycles. The van der Waals surface area contributed by atoms with E-state index in [0.29, 0.717) is 5.69 Å². The Hall–Kier alpha value is -2.43. The molecule has 1 aromatic carbocycles. The fourth-order valence-corrected chi connectivity index (χ4v) is 1.23. The molecule has 0 aliphatic heterocycles. The van der Waals surface area contributed by atoms with Crippen LogP contribution >= 0.6 is 0 Å². The van der Waals surface area contributed by atoms with Crippen molar-refractivity contribution in [3.05, 3.63) is 53.9 Å². The molecule has 0 aliphatic rings. The van der Waals surface area contributed by atoms with Gasteiger partial charge in [-0.25, -0.2) is 4.39 Å². The zero-order chi connectivity index (χ0) is 13.5. The molecule has 0 unspecified atom stereocenters. The van der Waals surface area contributed by atoms with Gasteiger partial charge in [0.1, 0.15) is 5.82 Å². The van der Waals surface area contributed by atoms with Gasteiger partial charge in [0.2, 0.25) is 5.91 Å². The standard InChI is InChI=1S/C13H13FN2O2/c1-2-3-4-5-12(17)16-9-6-7-11(14)10(8-9)13(15)18/h2-8H,1H3,(H2,15,18)(H,16,17). The summed E-state index contributed by atoms with van der Waals surface area (Å²) in [6, 6.07) is 3.62. The summed E-state index contributed by atoms with van der Waals surface area (Å²) in [6.07, 6.45) is 6.34. The van der Waals surface area contributed by atoms with Crippen LogP contribution in [0.1, 0.15) is 17.3 Å². The molecule has 0 saturated carbocycles. The molecular formula is C13H13FN2O2. The van der Waals surface area contributed by atoms with Crippen molar-refractivity contribution in [2.45, 2.75) is 6.92 Å². The Morgan fingerprint density at radius 2 is 2.06 bits per heavy atom. The van der Waals surface area contributed by atoms with Crippen LogP contribution in [-0.2, 0) is 4.79 Å². The number of anilines is 1. The number of primary amides is 1. The van der Waals surface area contributed by atoms with E-state index < -0.39 is 11.7 Å². The van der Waals surface area contributed by atoms with Crippen LogP contribution < -0.4 is 11.1 Å². The second-order valence-electron chi connectivity index (χ2n) is 3.43. The Balaban J connectivity index is 2.83. The first kappa shape index (κ1) is 13.6. The van der Waals surface area contributed by atoms with E-state index in [0.717, 1.165) is 6.07 Å². The molecule has 2 amide bonds. The molecule has 0 atom stereocenters. The molecule has 0 bridgehead atoms. The van der Waals surface area contributed by atoms with Crippen molar-refractivity contribution in [1.82, 2.24) is 0 Å². The quantitative estimate of drug-likeness (QED) is 0.631. The highest BCUT2D eigenvalue weighted by Crippen LogP contribution is 2.14. The SMILES string of the molecule is CC=CC=CC(=O)Nc1ccc(F)c(C(N)=O)c1. The molecule has 0 spiro atoms. The zero-order valence-electron chi connectivity index (χ0n) is 9.81. The number of carbonyl (C=O) groups is 2. The molecule has 0 aromatic heterocycles. The minimum absolute atomic E-state index is 0.259. The van der Waals surface area contributed by atoms with E-state index in [9.17, 15) is 14.0 Å². The third-order valence-corrected chi connectivity index (χ3v) is 2.05. The number of allylic oxidation sites excluding steroid dienone is 3. The van der Waals surface area contributed by atoms with Gasteiger partial charge in [-0.05, 0) is 25.1 Å². The van der Waals surface area contributed by atoms with E-state index in [1.807, 2.05) is 6.92 Å². The Morgan fingerprint density at radius 1 is 1.33 bits per heavy atom. The molecule has 0 radical (unpaired) electrons. The number of amides is 2. The second kappa shape index (κ2) is 6.34. The van der Waals surface area contributed by atoms with Gasteiger partial charge in [-0.15, -0.1) is 0 Å². The summed E-state index contributed by atoms with van der Waals surface area (Å²) < 4.78 is 13.2. The van der Waals surface area contributed by atoms with Crippen molar-refractivity contribution in [3.63, 3.8) is 0 Å². The van der Waals surface area contributed by atoms with Crippen molar-refractivity contribution < 1.29 is 14.0 Å². The summed E-state index contributed by atoms with van der Waals surface area (Å²) in [6.45, 7) is 1.82. The van der Waals surface area contributed by atoms with Crippen LogP contribution in [-0.4, -0.2) is 11.8 Å². The second-order valence-corrected chi connectivity index (χ2v) is 3.43. The van der Waals surface area contributed by atoms with Gasteiger partial charge in [-0.3, -0.25) is 9.59 Å². The molecule has 0 heterocycles. The Morgan fingerprint density at radius 3 is 2.67 bits per heavy atom. The number of nitrogens with two attached hydrogens (primary N) is 1. The highest BCUT2D eigenvalue weighted by atomic mass is 19.1. The Kier molecular flexibility index (Phi) is 4.80. The molecule has 1 rings (SSSR count). The van der Waals surface area contributed by atoms with Crippen molar-refractivity contribution in [3.8, 4) is 0 Å². The molecule has 94 valence electrons.